The fraction of sp³-hybridized carbons (Fsp3) is 0.455. The maximum Gasteiger partial charge on any atom is 0.115 e. The Morgan fingerprint density at radius 1 is 1.64 bits per heavy atom. The molecule has 3 heteroatoms. The van der Waals surface area contributed by atoms with E-state index in [1.54, 1.807) is 6.07 Å². The molecule has 0 spiro atoms. The van der Waals surface area contributed by atoms with Gasteiger partial charge in [-0.15, -0.1) is 11.8 Å². The SMILES string of the molecule is CC(N)CC1CSc2ccc(O)cc21. The monoisotopic (exact) mass is 209 g/mol. The molecule has 1 aromatic rings. The number of hydrogen-bond acceptors (Lipinski definition) is 3. The Labute approximate surface area is 88.5 Å². The summed E-state index contributed by atoms with van der Waals surface area (Å²) in [6.07, 6.45) is 1.00. The first kappa shape index (κ1) is 9.87. The van der Waals surface area contributed by atoms with Crippen LogP contribution in [0.25, 0.3) is 0 Å². The van der Waals surface area contributed by atoms with Gasteiger partial charge in [-0.25, -0.2) is 0 Å². The van der Waals surface area contributed by atoms with Crippen LogP contribution in [0.1, 0.15) is 24.8 Å². The zero-order valence-electron chi connectivity index (χ0n) is 8.23. The van der Waals surface area contributed by atoms with Crippen molar-refractivity contribution in [2.45, 2.75) is 30.2 Å². The number of aromatic hydroxyl groups is 1. The van der Waals surface area contributed by atoms with Crippen molar-refractivity contribution in [3.63, 3.8) is 0 Å². The van der Waals surface area contributed by atoms with Gasteiger partial charge in [-0.3, -0.25) is 0 Å². The highest BCUT2D eigenvalue weighted by Crippen LogP contribution is 2.42. The van der Waals surface area contributed by atoms with Crippen LogP contribution in [0.2, 0.25) is 0 Å². The summed E-state index contributed by atoms with van der Waals surface area (Å²) in [7, 11) is 0. The summed E-state index contributed by atoms with van der Waals surface area (Å²) in [4.78, 5) is 1.30. The lowest BCUT2D eigenvalue weighted by Gasteiger charge is -2.13. The maximum absolute atomic E-state index is 9.41. The molecule has 0 saturated heterocycles. The fourth-order valence-corrected chi connectivity index (χ4v) is 3.16. The quantitative estimate of drug-likeness (QED) is 0.785. The fourth-order valence-electron chi connectivity index (χ4n) is 1.91. The van der Waals surface area contributed by atoms with E-state index in [9.17, 15) is 5.11 Å². The van der Waals surface area contributed by atoms with E-state index in [1.165, 1.54) is 10.5 Å². The summed E-state index contributed by atoms with van der Waals surface area (Å²) in [6.45, 7) is 2.03. The Hall–Kier alpha value is -0.670. The van der Waals surface area contributed by atoms with Crippen LogP contribution >= 0.6 is 11.8 Å². The molecule has 2 unspecified atom stereocenters. The van der Waals surface area contributed by atoms with Gasteiger partial charge in [-0.1, -0.05) is 0 Å². The highest BCUT2D eigenvalue weighted by atomic mass is 32.2. The van der Waals surface area contributed by atoms with E-state index in [-0.39, 0.29) is 6.04 Å². The predicted octanol–water partition coefficient (Wildman–Crippen LogP) is 2.32. The van der Waals surface area contributed by atoms with E-state index < -0.39 is 0 Å². The number of rotatable bonds is 2. The molecular weight excluding hydrogens is 194 g/mol. The van der Waals surface area contributed by atoms with Gasteiger partial charge >= 0.3 is 0 Å². The van der Waals surface area contributed by atoms with Crippen molar-refractivity contribution >= 4 is 11.8 Å². The van der Waals surface area contributed by atoms with Crippen LogP contribution in [0.15, 0.2) is 23.1 Å². The van der Waals surface area contributed by atoms with Crippen LogP contribution < -0.4 is 5.73 Å². The van der Waals surface area contributed by atoms with Crippen molar-refractivity contribution in [3.05, 3.63) is 23.8 Å². The lowest BCUT2D eigenvalue weighted by Crippen LogP contribution is -2.18. The van der Waals surface area contributed by atoms with E-state index in [0.29, 0.717) is 11.7 Å². The van der Waals surface area contributed by atoms with Gasteiger partial charge in [0.1, 0.15) is 5.75 Å². The number of phenols is 1. The molecule has 2 nitrogen and oxygen atoms in total. The van der Waals surface area contributed by atoms with Gasteiger partial charge in [0, 0.05) is 16.7 Å². The van der Waals surface area contributed by atoms with Crippen LogP contribution in [0.5, 0.6) is 5.75 Å². The minimum Gasteiger partial charge on any atom is -0.508 e. The Kier molecular flexibility index (Phi) is 2.70. The van der Waals surface area contributed by atoms with E-state index in [4.69, 9.17) is 5.73 Å². The maximum atomic E-state index is 9.41. The zero-order valence-corrected chi connectivity index (χ0v) is 9.05. The van der Waals surface area contributed by atoms with E-state index in [0.717, 1.165) is 12.2 Å². The summed E-state index contributed by atoms with van der Waals surface area (Å²) in [5.41, 5.74) is 7.07. The van der Waals surface area contributed by atoms with Crippen molar-refractivity contribution < 1.29 is 5.11 Å². The second-order valence-electron chi connectivity index (χ2n) is 3.94. The topological polar surface area (TPSA) is 46.2 Å². The highest BCUT2D eigenvalue weighted by Gasteiger charge is 2.24. The predicted molar refractivity (Wildman–Crippen MR) is 59.8 cm³/mol. The standard InChI is InChI=1S/C11H15NOS/c1-7(12)4-8-6-14-11-3-2-9(13)5-10(8)11/h2-3,5,7-8,13H,4,6,12H2,1H3. The van der Waals surface area contributed by atoms with Crippen LogP contribution in [-0.2, 0) is 0 Å². The number of phenolic OH excluding ortho intramolecular Hbond substituents is 1. The molecule has 3 N–H and O–H groups in total. The Morgan fingerprint density at radius 3 is 3.14 bits per heavy atom. The third-order valence-electron chi connectivity index (χ3n) is 2.53. The van der Waals surface area contributed by atoms with Crippen molar-refractivity contribution in [1.29, 1.82) is 0 Å². The smallest absolute Gasteiger partial charge is 0.115 e. The number of fused-ring (bicyclic) bond motifs is 1. The summed E-state index contributed by atoms with van der Waals surface area (Å²) in [5.74, 6) is 1.98. The summed E-state index contributed by atoms with van der Waals surface area (Å²) in [6, 6.07) is 5.85. The van der Waals surface area contributed by atoms with Crippen LogP contribution in [-0.4, -0.2) is 16.9 Å². The summed E-state index contributed by atoms with van der Waals surface area (Å²) in [5, 5.41) is 9.41. The second kappa shape index (κ2) is 3.83. The molecule has 1 aliphatic rings. The average Bonchev–Trinajstić information content (AvgIpc) is 2.47. The molecule has 0 radical (unpaired) electrons. The summed E-state index contributed by atoms with van der Waals surface area (Å²) >= 11 is 1.86. The van der Waals surface area contributed by atoms with E-state index in [1.807, 2.05) is 30.8 Å². The van der Waals surface area contributed by atoms with Gasteiger partial charge in [0.2, 0.25) is 0 Å². The third kappa shape index (κ3) is 1.88. The van der Waals surface area contributed by atoms with Crippen molar-refractivity contribution in [2.75, 3.05) is 5.75 Å². The molecule has 76 valence electrons. The molecular formula is C11H15NOS. The summed E-state index contributed by atoms with van der Waals surface area (Å²) < 4.78 is 0. The van der Waals surface area contributed by atoms with E-state index >= 15 is 0 Å². The molecule has 0 aliphatic carbocycles. The molecule has 0 aromatic heterocycles. The first-order valence-electron chi connectivity index (χ1n) is 4.88. The van der Waals surface area contributed by atoms with Crippen molar-refractivity contribution in [1.82, 2.24) is 0 Å². The molecule has 0 saturated carbocycles. The third-order valence-corrected chi connectivity index (χ3v) is 3.78. The number of benzene rings is 1. The highest BCUT2D eigenvalue weighted by molar-refractivity contribution is 7.99. The molecule has 0 fully saturated rings. The molecule has 14 heavy (non-hydrogen) atoms. The van der Waals surface area contributed by atoms with Crippen LogP contribution in [0.3, 0.4) is 0 Å². The van der Waals surface area contributed by atoms with Crippen LogP contribution in [0.4, 0.5) is 0 Å². The first-order valence-corrected chi connectivity index (χ1v) is 5.86. The molecule has 2 rings (SSSR count). The largest absolute Gasteiger partial charge is 0.508 e. The van der Waals surface area contributed by atoms with E-state index in [2.05, 4.69) is 0 Å². The first-order chi connectivity index (χ1) is 6.66. The molecule has 0 bridgehead atoms. The molecule has 0 amide bonds. The Morgan fingerprint density at radius 2 is 2.43 bits per heavy atom. The number of nitrogens with two attached hydrogens (primary N) is 1. The lowest BCUT2D eigenvalue weighted by molar-refractivity contribution is 0.472. The van der Waals surface area contributed by atoms with Gasteiger partial charge < -0.3 is 10.8 Å². The van der Waals surface area contributed by atoms with Gasteiger partial charge in [0.15, 0.2) is 0 Å². The van der Waals surface area contributed by atoms with Gasteiger partial charge in [-0.05, 0) is 43.0 Å². The molecule has 1 aliphatic heterocycles. The normalized spacial score (nSPS) is 22.0. The van der Waals surface area contributed by atoms with Gasteiger partial charge in [0.25, 0.3) is 0 Å². The zero-order chi connectivity index (χ0) is 10.1. The number of hydrogen-bond donors (Lipinski definition) is 2. The minimum atomic E-state index is 0.230. The second-order valence-corrected chi connectivity index (χ2v) is 5.00. The van der Waals surface area contributed by atoms with Gasteiger partial charge in [0.05, 0.1) is 0 Å². The van der Waals surface area contributed by atoms with Crippen molar-refractivity contribution in [2.24, 2.45) is 5.73 Å². The average molecular weight is 209 g/mol. The van der Waals surface area contributed by atoms with Gasteiger partial charge in [-0.2, -0.15) is 0 Å². The Balaban J connectivity index is 2.24. The lowest BCUT2D eigenvalue weighted by atomic mass is 9.95. The molecule has 2 atom stereocenters. The molecule has 1 heterocycles. The Bertz CT molecular complexity index is 338. The minimum absolute atomic E-state index is 0.230. The molecule has 1 aromatic carbocycles. The van der Waals surface area contributed by atoms with Crippen molar-refractivity contribution in [3.8, 4) is 5.75 Å². The number of thioether (sulfide) groups is 1. The van der Waals surface area contributed by atoms with Crippen LogP contribution in [0, 0.1) is 0 Å².